The molecular weight excluding hydrogens is 266 g/mol. The fourth-order valence-corrected chi connectivity index (χ4v) is 1.22. The van der Waals surface area contributed by atoms with Gasteiger partial charge in [-0.1, -0.05) is 19.9 Å². The number of hydrogen-bond donors (Lipinski definition) is 3. The Balaban J connectivity index is 0.00000324. The highest BCUT2D eigenvalue weighted by atomic mass is 35.5. The molecule has 1 aromatic rings. The van der Waals surface area contributed by atoms with Gasteiger partial charge in [0.2, 0.25) is 11.8 Å². The van der Waals surface area contributed by atoms with Crippen LogP contribution in [0.1, 0.15) is 20.8 Å². The van der Waals surface area contributed by atoms with E-state index in [1.54, 1.807) is 31.2 Å². The van der Waals surface area contributed by atoms with Crippen molar-refractivity contribution < 1.29 is 9.59 Å². The smallest absolute Gasteiger partial charge is 0.240 e. The molecule has 0 saturated carbocycles. The lowest BCUT2D eigenvalue weighted by Gasteiger charge is -2.11. The van der Waals surface area contributed by atoms with Crippen molar-refractivity contribution in [3.63, 3.8) is 0 Å². The first kappa shape index (κ1) is 17.4. The first-order valence-electron chi connectivity index (χ1n) is 5.87. The predicted molar refractivity (Wildman–Crippen MR) is 79.4 cm³/mol. The predicted octanol–water partition coefficient (Wildman–Crippen LogP) is 1.99. The van der Waals surface area contributed by atoms with Crippen LogP contribution in [-0.4, -0.2) is 17.9 Å². The van der Waals surface area contributed by atoms with Crippen LogP contribution in [0.3, 0.4) is 0 Å². The van der Waals surface area contributed by atoms with E-state index in [1.807, 2.05) is 13.8 Å². The molecule has 1 aromatic carbocycles. The minimum atomic E-state index is -0.570. The van der Waals surface area contributed by atoms with Crippen LogP contribution in [0.25, 0.3) is 0 Å². The van der Waals surface area contributed by atoms with E-state index in [0.29, 0.717) is 11.4 Å². The average Bonchev–Trinajstić information content (AvgIpc) is 2.29. The largest absolute Gasteiger partial charge is 0.326 e. The molecule has 0 spiro atoms. The number of carbonyl (C=O) groups excluding carboxylic acids is 2. The van der Waals surface area contributed by atoms with E-state index in [1.165, 1.54) is 0 Å². The zero-order chi connectivity index (χ0) is 13.7. The summed E-state index contributed by atoms with van der Waals surface area (Å²) in [6, 6.07) is 6.39. The number of nitrogens with two attached hydrogens (primary N) is 1. The molecular formula is C13H20ClN3O2. The van der Waals surface area contributed by atoms with Gasteiger partial charge in [-0.3, -0.25) is 9.59 Å². The summed E-state index contributed by atoms with van der Waals surface area (Å²) in [5.41, 5.74) is 6.72. The number of nitrogens with one attached hydrogen (secondary N) is 2. The molecule has 0 saturated heterocycles. The zero-order valence-electron chi connectivity index (χ0n) is 11.3. The minimum Gasteiger partial charge on any atom is -0.326 e. The van der Waals surface area contributed by atoms with Gasteiger partial charge in [-0.25, -0.2) is 0 Å². The van der Waals surface area contributed by atoms with E-state index in [0.717, 1.165) is 0 Å². The average molecular weight is 286 g/mol. The van der Waals surface area contributed by atoms with E-state index < -0.39 is 6.04 Å². The first-order valence-corrected chi connectivity index (χ1v) is 5.87. The lowest BCUT2D eigenvalue weighted by molar-refractivity contribution is -0.119. The van der Waals surface area contributed by atoms with Gasteiger partial charge in [-0.2, -0.15) is 0 Å². The van der Waals surface area contributed by atoms with Crippen molar-refractivity contribution in [2.45, 2.75) is 26.8 Å². The van der Waals surface area contributed by atoms with Gasteiger partial charge in [-0.05, 0) is 25.1 Å². The van der Waals surface area contributed by atoms with Crippen molar-refractivity contribution in [2.24, 2.45) is 11.7 Å². The minimum absolute atomic E-state index is 0. The van der Waals surface area contributed by atoms with Gasteiger partial charge in [-0.15, -0.1) is 12.4 Å². The molecule has 1 rings (SSSR count). The lowest BCUT2D eigenvalue weighted by Crippen LogP contribution is -2.32. The third-order valence-electron chi connectivity index (χ3n) is 2.34. The Bertz CT molecular complexity index is 410. The molecule has 4 N–H and O–H groups in total. The topological polar surface area (TPSA) is 84.2 Å². The lowest BCUT2D eigenvalue weighted by atomic mass is 10.2. The molecule has 5 nitrogen and oxygen atoms in total. The number of halogens is 1. The standard InChI is InChI=1S/C13H19N3O2.ClH/c1-8(2)12(17)15-10-5-4-6-11(7-10)16-13(18)9(3)14;/h4-9H,14H2,1-3H3,(H,15,17)(H,16,18);1H/t9-;/m0./s1. The maximum absolute atomic E-state index is 11.5. The van der Waals surface area contributed by atoms with Gasteiger partial charge < -0.3 is 16.4 Å². The highest BCUT2D eigenvalue weighted by Crippen LogP contribution is 2.16. The van der Waals surface area contributed by atoms with Gasteiger partial charge in [0.05, 0.1) is 6.04 Å². The van der Waals surface area contributed by atoms with Crippen LogP contribution in [-0.2, 0) is 9.59 Å². The molecule has 0 unspecified atom stereocenters. The number of anilines is 2. The first-order chi connectivity index (χ1) is 8.40. The Kier molecular flexibility index (Phi) is 7.11. The van der Waals surface area contributed by atoms with Crippen LogP contribution in [0.15, 0.2) is 24.3 Å². The molecule has 19 heavy (non-hydrogen) atoms. The number of carbonyl (C=O) groups is 2. The Hall–Kier alpha value is -1.59. The SMILES string of the molecule is CC(C)C(=O)Nc1cccc(NC(=O)[C@H](C)N)c1.Cl. The monoisotopic (exact) mass is 285 g/mol. The van der Waals surface area contributed by atoms with Crippen molar-refractivity contribution >= 4 is 35.6 Å². The second kappa shape index (κ2) is 7.76. The molecule has 106 valence electrons. The van der Waals surface area contributed by atoms with Crippen LogP contribution in [0.4, 0.5) is 11.4 Å². The summed E-state index contributed by atoms with van der Waals surface area (Å²) in [4.78, 5) is 23.0. The van der Waals surface area contributed by atoms with Crippen LogP contribution < -0.4 is 16.4 Å². The molecule has 0 fully saturated rings. The van der Waals surface area contributed by atoms with Gasteiger partial charge in [0.1, 0.15) is 0 Å². The van der Waals surface area contributed by atoms with Crippen molar-refractivity contribution in [3.05, 3.63) is 24.3 Å². The van der Waals surface area contributed by atoms with E-state index in [2.05, 4.69) is 10.6 Å². The summed E-state index contributed by atoms with van der Waals surface area (Å²) in [6.07, 6.45) is 0. The molecule has 0 heterocycles. The van der Waals surface area contributed by atoms with Crippen molar-refractivity contribution in [1.29, 1.82) is 0 Å². The van der Waals surface area contributed by atoms with E-state index in [-0.39, 0.29) is 30.1 Å². The molecule has 0 radical (unpaired) electrons. The van der Waals surface area contributed by atoms with Crippen molar-refractivity contribution in [1.82, 2.24) is 0 Å². The number of rotatable bonds is 4. The van der Waals surface area contributed by atoms with Crippen LogP contribution in [0.5, 0.6) is 0 Å². The molecule has 0 aliphatic carbocycles. The van der Waals surface area contributed by atoms with Gasteiger partial charge >= 0.3 is 0 Å². The maximum atomic E-state index is 11.5. The maximum Gasteiger partial charge on any atom is 0.240 e. The second-order valence-corrected chi connectivity index (χ2v) is 4.50. The van der Waals surface area contributed by atoms with Crippen LogP contribution in [0.2, 0.25) is 0 Å². The Morgan fingerprint density at radius 2 is 1.53 bits per heavy atom. The van der Waals surface area contributed by atoms with Gasteiger partial charge in [0.15, 0.2) is 0 Å². The quantitative estimate of drug-likeness (QED) is 0.791. The number of benzene rings is 1. The highest BCUT2D eigenvalue weighted by molar-refractivity contribution is 5.96. The summed E-state index contributed by atoms with van der Waals surface area (Å²) >= 11 is 0. The summed E-state index contributed by atoms with van der Waals surface area (Å²) in [6.45, 7) is 5.24. The fourth-order valence-electron chi connectivity index (χ4n) is 1.22. The molecule has 0 aliphatic rings. The summed E-state index contributed by atoms with van der Waals surface area (Å²) in [5.74, 6) is -0.416. The Morgan fingerprint density at radius 3 is 1.95 bits per heavy atom. The Labute approximate surface area is 119 Å². The molecule has 6 heteroatoms. The van der Waals surface area contributed by atoms with Crippen molar-refractivity contribution in [3.8, 4) is 0 Å². The molecule has 0 aromatic heterocycles. The highest BCUT2D eigenvalue weighted by Gasteiger charge is 2.09. The van der Waals surface area contributed by atoms with E-state index in [4.69, 9.17) is 5.73 Å². The van der Waals surface area contributed by atoms with Crippen molar-refractivity contribution in [2.75, 3.05) is 10.6 Å². The van der Waals surface area contributed by atoms with E-state index >= 15 is 0 Å². The molecule has 0 bridgehead atoms. The summed E-state index contributed by atoms with van der Waals surface area (Å²) < 4.78 is 0. The summed E-state index contributed by atoms with van der Waals surface area (Å²) in [5, 5.41) is 5.43. The molecule has 2 amide bonds. The van der Waals surface area contributed by atoms with Crippen LogP contribution >= 0.6 is 12.4 Å². The van der Waals surface area contributed by atoms with Gasteiger partial charge in [0, 0.05) is 17.3 Å². The fraction of sp³-hybridized carbons (Fsp3) is 0.385. The second-order valence-electron chi connectivity index (χ2n) is 4.50. The van der Waals surface area contributed by atoms with E-state index in [9.17, 15) is 9.59 Å². The van der Waals surface area contributed by atoms with Crippen LogP contribution in [0, 0.1) is 5.92 Å². The Morgan fingerprint density at radius 1 is 1.05 bits per heavy atom. The summed E-state index contributed by atoms with van der Waals surface area (Å²) in [7, 11) is 0. The molecule has 0 aliphatic heterocycles. The number of amides is 2. The van der Waals surface area contributed by atoms with Gasteiger partial charge in [0.25, 0.3) is 0 Å². The third kappa shape index (κ3) is 5.72. The third-order valence-corrected chi connectivity index (χ3v) is 2.34. The molecule has 1 atom stereocenters. The normalized spacial score (nSPS) is 11.4. The number of hydrogen-bond acceptors (Lipinski definition) is 3. The zero-order valence-corrected chi connectivity index (χ0v) is 12.1.